The van der Waals surface area contributed by atoms with E-state index in [2.05, 4.69) is 19.2 Å². The van der Waals surface area contributed by atoms with Crippen LogP contribution in [-0.4, -0.2) is 19.0 Å². The molecule has 0 aliphatic heterocycles. The molecule has 0 spiro atoms. The molecule has 1 amide bonds. The molecular weight excluding hydrogens is 260 g/mol. The topological polar surface area (TPSA) is 55.1 Å². The molecule has 0 aromatic heterocycles. The molecule has 4 aliphatic carbocycles. The fourth-order valence-electron chi connectivity index (χ4n) is 5.56. The van der Waals surface area contributed by atoms with Gasteiger partial charge in [-0.3, -0.25) is 4.79 Å². The summed E-state index contributed by atoms with van der Waals surface area (Å²) in [6, 6.07) is 0. The SMILES string of the molecule is CC(C)(CCCN)CNC(=O)C12CC3CC(CC(C3)C1)C2. The number of rotatable bonds is 6. The Morgan fingerprint density at radius 2 is 1.67 bits per heavy atom. The van der Waals surface area contributed by atoms with Gasteiger partial charge in [0, 0.05) is 12.0 Å². The lowest BCUT2D eigenvalue weighted by molar-refractivity contribution is -0.146. The summed E-state index contributed by atoms with van der Waals surface area (Å²) < 4.78 is 0. The second-order valence-electron chi connectivity index (χ2n) is 8.94. The van der Waals surface area contributed by atoms with Crippen LogP contribution in [0.5, 0.6) is 0 Å². The third kappa shape index (κ3) is 3.13. The van der Waals surface area contributed by atoms with Crippen LogP contribution in [0.25, 0.3) is 0 Å². The fourth-order valence-corrected chi connectivity index (χ4v) is 5.56. The molecule has 0 atom stereocenters. The molecular formula is C18H32N2O. The summed E-state index contributed by atoms with van der Waals surface area (Å²) >= 11 is 0. The Balaban J connectivity index is 1.58. The molecule has 4 aliphatic rings. The van der Waals surface area contributed by atoms with Crippen molar-refractivity contribution in [2.45, 2.75) is 65.2 Å². The van der Waals surface area contributed by atoms with E-state index in [4.69, 9.17) is 5.73 Å². The van der Waals surface area contributed by atoms with E-state index in [0.29, 0.717) is 5.91 Å². The molecule has 4 bridgehead atoms. The first kappa shape index (κ1) is 15.3. The van der Waals surface area contributed by atoms with E-state index in [0.717, 1.165) is 62.9 Å². The van der Waals surface area contributed by atoms with Crippen molar-refractivity contribution in [2.75, 3.05) is 13.1 Å². The highest BCUT2D eigenvalue weighted by Gasteiger charge is 2.54. The van der Waals surface area contributed by atoms with E-state index in [9.17, 15) is 4.79 Å². The molecule has 21 heavy (non-hydrogen) atoms. The van der Waals surface area contributed by atoms with Crippen molar-refractivity contribution in [2.24, 2.45) is 34.3 Å². The van der Waals surface area contributed by atoms with E-state index in [-0.39, 0.29) is 10.8 Å². The number of hydrogen-bond acceptors (Lipinski definition) is 2. The van der Waals surface area contributed by atoms with Gasteiger partial charge in [0.2, 0.25) is 5.91 Å². The quantitative estimate of drug-likeness (QED) is 0.790. The highest BCUT2D eigenvalue weighted by Crippen LogP contribution is 2.60. The average Bonchev–Trinajstić information content (AvgIpc) is 2.41. The summed E-state index contributed by atoms with van der Waals surface area (Å²) in [6.45, 7) is 6.02. The molecule has 4 fully saturated rings. The maximum Gasteiger partial charge on any atom is 0.226 e. The van der Waals surface area contributed by atoms with Gasteiger partial charge in [0.05, 0.1) is 0 Å². The summed E-state index contributed by atoms with van der Waals surface area (Å²) in [6.07, 6.45) is 9.80. The minimum absolute atomic E-state index is 0.00129. The standard InChI is InChI=1S/C18H32N2O/c1-17(2,4-3-5-19)12-20-16(21)18-9-13-6-14(10-18)8-15(7-13)11-18/h13-15H,3-12,19H2,1-2H3,(H,20,21). The van der Waals surface area contributed by atoms with Gasteiger partial charge in [0.1, 0.15) is 0 Å². The van der Waals surface area contributed by atoms with Crippen LogP contribution in [0.2, 0.25) is 0 Å². The van der Waals surface area contributed by atoms with Crippen LogP contribution in [-0.2, 0) is 4.79 Å². The Hall–Kier alpha value is -0.570. The third-order valence-electron chi connectivity index (χ3n) is 6.31. The first-order chi connectivity index (χ1) is 9.92. The number of amides is 1. The van der Waals surface area contributed by atoms with Crippen LogP contribution in [0.15, 0.2) is 0 Å². The van der Waals surface area contributed by atoms with Gasteiger partial charge in [-0.05, 0) is 81.1 Å². The van der Waals surface area contributed by atoms with Crippen LogP contribution in [0.1, 0.15) is 65.2 Å². The van der Waals surface area contributed by atoms with Gasteiger partial charge in [-0.25, -0.2) is 0 Å². The molecule has 0 radical (unpaired) electrons. The van der Waals surface area contributed by atoms with E-state index < -0.39 is 0 Å². The molecule has 0 aromatic rings. The summed E-state index contributed by atoms with van der Waals surface area (Å²) in [4.78, 5) is 12.9. The number of carbonyl (C=O) groups excluding carboxylic acids is 1. The average molecular weight is 292 g/mol. The van der Waals surface area contributed by atoms with Crippen molar-refractivity contribution in [3.05, 3.63) is 0 Å². The number of nitrogens with two attached hydrogens (primary N) is 1. The molecule has 3 nitrogen and oxygen atoms in total. The molecule has 120 valence electrons. The summed E-state index contributed by atoms with van der Waals surface area (Å²) in [5, 5.41) is 3.31. The normalized spacial score (nSPS) is 37.8. The maximum absolute atomic E-state index is 12.9. The summed E-state index contributed by atoms with van der Waals surface area (Å²) in [7, 11) is 0. The summed E-state index contributed by atoms with van der Waals surface area (Å²) in [5.41, 5.74) is 5.77. The zero-order valence-corrected chi connectivity index (χ0v) is 13.8. The van der Waals surface area contributed by atoms with Gasteiger partial charge >= 0.3 is 0 Å². The van der Waals surface area contributed by atoms with Gasteiger partial charge in [-0.2, -0.15) is 0 Å². The van der Waals surface area contributed by atoms with Crippen molar-refractivity contribution in [1.29, 1.82) is 0 Å². The monoisotopic (exact) mass is 292 g/mol. The highest BCUT2D eigenvalue weighted by atomic mass is 16.2. The molecule has 3 N–H and O–H groups in total. The van der Waals surface area contributed by atoms with Crippen molar-refractivity contribution >= 4 is 5.91 Å². The van der Waals surface area contributed by atoms with E-state index in [1.165, 1.54) is 19.3 Å². The van der Waals surface area contributed by atoms with E-state index in [1.807, 2.05) is 0 Å². The van der Waals surface area contributed by atoms with Crippen molar-refractivity contribution in [1.82, 2.24) is 5.32 Å². The molecule has 4 rings (SSSR count). The Labute approximate surface area is 129 Å². The number of nitrogens with one attached hydrogen (secondary N) is 1. The van der Waals surface area contributed by atoms with Crippen molar-refractivity contribution in [3.63, 3.8) is 0 Å². The second-order valence-corrected chi connectivity index (χ2v) is 8.94. The van der Waals surface area contributed by atoms with Crippen LogP contribution in [0, 0.1) is 28.6 Å². The Morgan fingerprint density at radius 1 is 1.14 bits per heavy atom. The predicted molar refractivity (Wildman–Crippen MR) is 85.7 cm³/mol. The third-order valence-corrected chi connectivity index (χ3v) is 6.31. The molecule has 0 aromatic carbocycles. The van der Waals surface area contributed by atoms with Crippen LogP contribution >= 0.6 is 0 Å². The molecule has 4 saturated carbocycles. The Kier molecular flexibility index (Phi) is 4.06. The minimum atomic E-state index is -0.00129. The van der Waals surface area contributed by atoms with Gasteiger partial charge in [0.15, 0.2) is 0 Å². The molecule has 0 unspecified atom stereocenters. The number of carbonyl (C=O) groups is 1. The molecule has 0 saturated heterocycles. The lowest BCUT2D eigenvalue weighted by atomic mass is 9.49. The molecule has 3 heteroatoms. The van der Waals surface area contributed by atoms with Crippen LogP contribution in [0.4, 0.5) is 0 Å². The van der Waals surface area contributed by atoms with E-state index in [1.54, 1.807) is 0 Å². The first-order valence-electron chi connectivity index (χ1n) is 8.91. The van der Waals surface area contributed by atoms with Crippen molar-refractivity contribution in [3.8, 4) is 0 Å². The van der Waals surface area contributed by atoms with E-state index >= 15 is 0 Å². The van der Waals surface area contributed by atoms with Gasteiger partial charge in [-0.1, -0.05) is 13.8 Å². The second kappa shape index (κ2) is 5.57. The zero-order chi connectivity index (χ0) is 15.1. The van der Waals surface area contributed by atoms with Gasteiger partial charge < -0.3 is 11.1 Å². The van der Waals surface area contributed by atoms with Crippen LogP contribution < -0.4 is 11.1 Å². The lowest BCUT2D eigenvalue weighted by Gasteiger charge is -2.55. The van der Waals surface area contributed by atoms with Crippen LogP contribution in [0.3, 0.4) is 0 Å². The van der Waals surface area contributed by atoms with Crippen molar-refractivity contribution < 1.29 is 4.79 Å². The largest absolute Gasteiger partial charge is 0.355 e. The fraction of sp³-hybridized carbons (Fsp3) is 0.944. The first-order valence-corrected chi connectivity index (χ1v) is 8.91. The highest BCUT2D eigenvalue weighted by molar-refractivity contribution is 5.83. The number of hydrogen-bond donors (Lipinski definition) is 2. The lowest BCUT2D eigenvalue weighted by Crippen LogP contribution is -2.54. The smallest absolute Gasteiger partial charge is 0.226 e. The van der Waals surface area contributed by atoms with Gasteiger partial charge in [0.25, 0.3) is 0 Å². The Bertz CT molecular complexity index is 367. The summed E-state index contributed by atoms with van der Waals surface area (Å²) in [5.74, 6) is 2.88. The minimum Gasteiger partial charge on any atom is -0.355 e. The van der Waals surface area contributed by atoms with Gasteiger partial charge in [-0.15, -0.1) is 0 Å². The zero-order valence-electron chi connectivity index (χ0n) is 13.8. The predicted octanol–water partition coefficient (Wildman–Crippen LogP) is 3.08. The maximum atomic E-state index is 12.9. The molecule has 0 heterocycles. The Morgan fingerprint density at radius 3 is 2.14 bits per heavy atom.